The molecule has 0 bridgehead atoms. The van der Waals surface area contributed by atoms with Gasteiger partial charge < -0.3 is 9.47 Å². The summed E-state index contributed by atoms with van der Waals surface area (Å²) >= 11 is 6.77. The zero-order chi connectivity index (χ0) is 17.6. The Balaban J connectivity index is 1.60. The van der Waals surface area contributed by atoms with Crippen molar-refractivity contribution < 1.29 is 14.3 Å². The molecule has 5 nitrogen and oxygen atoms in total. The molecule has 3 rings (SSSR count). The standard InChI is InChI=1S/C18H22N2O3S2/c1-22-15-6-3-2-5-14(15)13-16-17(21)20(18(24)25-16)8-4-7-19-9-11-23-12-10-19/h2-3,5-6,13H,4,7-12H2,1H3/b16-13-. The third-order valence-electron chi connectivity index (χ3n) is 4.26. The molecule has 2 aliphatic heterocycles. The summed E-state index contributed by atoms with van der Waals surface area (Å²) in [7, 11) is 1.63. The molecule has 25 heavy (non-hydrogen) atoms. The molecule has 2 fully saturated rings. The van der Waals surface area contributed by atoms with Crippen LogP contribution in [0.3, 0.4) is 0 Å². The molecule has 0 spiro atoms. The number of hydrogen-bond acceptors (Lipinski definition) is 6. The van der Waals surface area contributed by atoms with Gasteiger partial charge in [0.25, 0.3) is 5.91 Å². The molecule has 2 heterocycles. The van der Waals surface area contributed by atoms with Gasteiger partial charge in [0, 0.05) is 31.7 Å². The van der Waals surface area contributed by atoms with Crippen molar-refractivity contribution in [2.45, 2.75) is 6.42 Å². The lowest BCUT2D eigenvalue weighted by Gasteiger charge is -2.27. The minimum Gasteiger partial charge on any atom is -0.496 e. The second-order valence-corrected chi connectivity index (χ2v) is 7.56. The summed E-state index contributed by atoms with van der Waals surface area (Å²) in [6.07, 6.45) is 2.77. The number of para-hydroxylation sites is 1. The largest absolute Gasteiger partial charge is 0.496 e. The molecule has 0 atom stereocenters. The molecule has 134 valence electrons. The van der Waals surface area contributed by atoms with Crippen LogP contribution in [0.4, 0.5) is 0 Å². The molecule has 1 amide bonds. The lowest BCUT2D eigenvalue weighted by molar-refractivity contribution is -0.122. The minimum atomic E-state index is -0.0112. The number of carbonyl (C=O) groups excluding carboxylic acids is 1. The maximum absolute atomic E-state index is 12.7. The van der Waals surface area contributed by atoms with E-state index in [4.69, 9.17) is 21.7 Å². The van der Waals surface area contributed by atoms with E-state index in [1.54, 1.807) is 12.0 Å². The van der Waals surface area contributed by atoms with E-state index < -0.39 is 0 Å². The van der Waals surface area contributed by atoms with E-state index in [2.05, 4.69) is 4.90 Å². The fourth-order valence-electron chi connectivity index (χ4n) is 2.90. The van der Waals surface area contributed by atoms with Crippen LogP contribution in [0.5, 0.6) is 5.75 Å². The second kappa shape index (κ2) is 8.80. The Morgan fingerprint density at radius 1 is 1.28 bits per heavy atom. The number of nitrogens with zero attached hydrogens (tertiary/aromatic N) is 2. The molecule has 7 heteroatoms. The highest BCUT2D eigenvalue weighted by Crippen LogP contribution is 2.34. The van der Waals surface area contributed by atoms with Crippen molar-refractivity contribution in [3.05, 3.63) is 34.7 Å². The molecular formula is C18H22N2O3S2. The average molecular weight is 379 g/mol. The van der Waals surface area contributed by atoms with Crippen LogP contribution in [0.15, 0.2) is 29.2 Å². The van der Waals surface area contributed by atoms with Crippen LogP contribution in [0, 0.1) is 0 Å². The van der Waals surface area contributed by atoms with Crippen molar-refractivity contribution in [1.29, 1.82) is 0 Å². The monoisotopic (exact) mass is 378 g/mol. The molecule has 0 aromatic heterocycles. The Morgan fingerprint density at radius 3 is 2.80 bits per heavy atom. The van der Waals surface area contributed by atoms with Gasteiger partial charge in [-0.3, -0.25) is 14.6 Å². The van der Waals surface area contributed by atoms with Gasteiger partial charge in [0.15, 0.2) is 0 Å². The Bertz CT molecular complexity index is 672. The van der Waals surface area contributed by atoms with Crippen molar-refractivity contribution in [2.75, 3.05) is 46.5 Å². The van der Waals surface area contributed by atoms with Crippen LogP contribution in [-0.2, 0) is 9.53 Å². The fraction of sp³-hybridized carbons (Fsp3) is 0.444. The lowest BCUT2D eigenvalue weighted by atomic mass is 10.2. The van der Waals surface area contributed by atoms with Crippen molar-refractivity contribution in [1.82, 2.24) is 9.80 Å². The smallest absolute Gasteiger partial charge is 0.266 e. The van der Waals surface area contributed by atoms with Crippen molar-refractivity contribution in [3.8, 4) is 5.75 Å². The molecular weight excluding hydrogens is 356 g/mol. The van der Waals surface area contributed by atoms with E-state index in [9.17, 15) is 4.79 Å². The van der Waals surface area contributed by atoms with Gasteiger partial charge in [0.2, 0.25) is 0 Å². The Morgan fingerprint density at radius 2 is 2.04 bits per heavy atom. The molecule has 0 radical (unpaired) electrons. The van der Waals surface area contributed by atoms with Crippen molar-refractivity contribution >= 4 is 40.3 Å². The van der Waals surface area contributed by atoms with E-state index in [0.29, 0.717) is 15.8 Å². The first-order chi connectivity index (χ1) is 12.2. The van der Waals surface area contributed by atoms with E-state index in [-0.39, 0.29) is 5.91 Å². The van der Waals surface area contributed by atoms with Crippen LogP contribution in [0.2, 0.25) is 0 Å². The van der Waals surface area contributed by atoms with E-state index in [1.165, 1.54) is 11.8 Å². The van der Waals surface area contributed by atoms with E-state index >= 15 is 0 Å². The Kier molecular flexibility index (Phi) is 6.47. The molecule has 0 saturated carbocycles. The predicted octanol–water partition coefficient (Wildman–Crippen LogP) is 2.62. The average Bonchev–Trinajstić information content (AvgIpc) is 2.90. The number of thioether (sulfide) groups is 1. The molecule has 0 unspecified atom stereocenters. The van der Waals surface area contributed by atoms with Crippen molar-refractivity contribution in [3.63, 3.8) is 0 Å². The normalized spacial score (nSPS) is 20.5. The molecule has 0 aliphatic carbocycles. The highest BCUT2D eigenvalue weighted by Gasteiger charge is 2.31. The molecule has 1 aromatic carbocycles. The number of rotatable bonds is 6. The lowest BCUT2D eigenvalue weighted by Crippen LogP contribution is -2.38. The number of amides is 1. The number of methoxy groups -OCH3 is 1. The first-order valence-electron chi connectivity index (χ1n) is 8.37. The SMILES string of the molecule is COc1ccccc1/C=C1\SC(=S)N(CCCN2CCOCC2)C1=O. The van der Waals surface area contributed by atoms with E-state index in [1.807, 2.05) is 30.3 Å². The van der Waals surface area contributed by atoms with Crippen molar-refractivity contribution in [2.24, 2.45) is 0 Å². The molecule has 1 aromatic rings. The number of benzene rings is 1. The topological polar surface area (TPSA) is 42.0 Å². The van der Waals surface area contributed by atoms with Gasteiger partial charge in [-0.05, 0) is 18.6 Å². The summed E-state index contributed by atoms with van der Waals surface area (Å²) in [5.41, 5.74) is 0.888. The van der Waals surface area contributed by atoms with Gasteiger partial charge in [-0.15, -0.1) is 0 Å². The third-order valence-corrected chi connectivity index (χ3v) is 5.64. The highest BCUT2D eigenvalue weighted by atomic mass is 32.2. The Labute approximate surface area is 157 Å². The summed E-state index contributed by atoms with van der Waals surface area (Å²) in [5, 5.41) is 0. The van der Waals surface area contributed by atoms with Gasteiger partial charge in [-0.2, -0.15) is 0 Å². The maximum atomic E-state index is 12.7. The van der Waals surface area contributed by atoms with Gasteiger partial charge >= 0.3 is 0 Å². The van der Waals surface area contributed by atoms with Gasteiger partial charge in [0.05, 0.1) is 25.2 Å². The van der Waals surface area contributed by atoms with Gasteiger partial charge in [-0.1, -0.05) is 42.2 Å². The fourth-order valence-corrected chi connectivity index (χ4v) is 4.20. The van der Waals surface area contributed by atoms with Gasteiger partial charge in [-0.25, -0.2) is 0 Å². The van der Waals surface area contributed by atoms with Crippen LogP contribution >= 0.6 is 24.0 Å². The van der Waals surface area contributed by atoms with Gasteiger partial charge in [0.1, 0.15) is 10.1 Å². The number of ether oxygens (including phenoxy) is 2. The number of thiocarbonyl (C=S) groups is 1. The predicted molar refractivity (Wildman–Crippen MR) is 105 cm³/mol. The molecule has 2 saturated heterocycles. The molecule has 0 N–H and O–H groups in total. The second-order valence-electron chi connectivity index (χ2n) is 5.88. The third kappa shape index (κ3) is 4.61. The quantitative estimate of drug-likeness (QED) is 0.560. The van der Waals surface area contributed by atoms with Crippen LogP contribution in [0.1, 0.15) is 12.0 Å². The summed E-state index contributed by atoms with van der Waals surface area (Å²) in [6, 6.07) is 7.66. The van der Waals surface area contributed by atoms with Crippen LogP contribution < -0.4 is 4.74 Å². The maximum Gasteiger partial charge on any atom is 0.266 e. The number of carbonyl (C=O) groups is 1. The summed E-state index contributed by atoms with van der Waals surface area (Å²) < 4.78 is 11.3. The zero-order valence-electron chi connectivity index (χ0n) is 14.3. The summed E-state index contributed by atoms with van der Waals surface area (Å²) in [4.78, 5) is 17.4. The number of hydrogen-bond donors (Lipinski definition) is 0. The van der Waals surface area contributed by atoms with Crippen LogP contribution in [-0.4, -0.2) is 66.5 Å². The summed E-state index contributed by atoms with van der Waals surface area (Å²) in [5.74, 6) is 0.739. The first-order valence-corrected chi connectivity index (χ1v) is 9.60. The molecule has 2 aliphatic rings. The summed E-state index contributed by atoms with van der Waals surface area (Å²) in [6.45, 7) is 5.14. The highest BCUT2D eigenvalue weighted by molar-refractivity contribution is 8.26. The first kappa shape index (κ1) is 18.4. The zero-order valence-corrected chi connectivity index (χ0v) is 15.9. The van der Waals surface area contributed by atoms with Crippen LogP contribution in [0.25, 0.3) is 6.08 Å². The minimum absolute atomic E-state index is 0.0112. The van der Waals surface area contributed by atoms with E-state index in [0.717, 1.165) is 50.6 Å². The number of morpholine rings is 1. The Hall–Kier alpha value is -1.41.